The molecule has 1 aromatic carbocycles. The first-order chi connectivity index (χ1) is 7.22. The van der Waals surface area contributed by atoms with Gasteiger partial charge in [0.1, 0.15) is 5.75 Å². The second-order valence-electron chi connectivity index (χ2n) is 3.31. The molecular weight excluding hydrogens is 208 g/mol. The number of nitrogens with zero attached hydrogens (tertiary/aromatic N) is 1. The highest BCUT2D eigenvalue weighted by atomic mass is 32.1. The molecule has 0 spiro atoms. The molecule has 0 amide bonds. The van der Waals surface area contributed by atoms with E-state index in [1.54, 1.807) is 7.11 Å². The average Bonchev–Trinajstić information content (AvgIpc) is 2.64. The fraction of sp³-hybridized carbons (Fsp3) is 0.182. The Balaban J connectivity index is 2.66. The summed E-state index contributed by atoms with van der Waals surface area (Å²) in [5, 5.41) is 0. The van der Waals surface area contributed by atoms with Crippen molar-refractivity contribution in [2.45, 2.75) is 6.92 Å². The standard InChI is InChI=1S/C11H12N2OS/c1-8-3-4-10(14-2)9(7-8)13-6-5-12-11(13)15/h3-7H,1-2H3,(H,12,15). The molecule has 15 heavy (non-hydrogen) atoms. The van der Waals surface area contributed by atoms with Crippen LogP contribution >= 0.6 is 12.2 Å². The lowest BCUT2D eigenvalue weighted by atomic mass is 10.2. The van der Waals surface area contributed by atoms with Crippen LogP contribution in [0.15, 0.2) is 30.6 Å². The van der Waals surface area contributed by atoms with Gasteiger partial charge in [0.15, 0.2) is 4.77 Å². The molecule has 1 N–H and O–H groups in total. The van der Waals surface area contributed by atoms with Gasteiger partial charge in [-0.3, -0.25) is 4.57 Å². The maximum atomic E-state index is 5.30. The third-order valence-electron chi connectivity index (χ3n) is 2.24. The van der Waals surface area contributed by atoms with Gasteiger partial charge in [0.25, 0.3) is 0 Å². The van der Waals surface area contributed by atoms with Crippen molar-refractivity contribution < 1.29 is 4.74 Å². The molecule has 1 aromatic heterocycles. The first-order valence-electron chi connectivity index (χ1n) is 4.63. The quantitative estimate of drug-likeness (QED) is 0.789. The van der Waals surface area contributed by atoms with Crippen molar-refractivity contribution in [2.24, 2.45) is 0 Å². The zero-order valence-electron chi connectivity index (χ0n) is 8.65. The van der Waals surface area contributed by atoms with Crippen molar-refractivity contribution in [1.29, 1.82) is 0 Å². The van der Waals surface area contributed by atoms with Crippen LogP contribution < -0.4 is 4.74 Å². The Morgan fingerprint density at radius 3 is 2.80 bits per heavy atom. The van der Waals surface area contributed by atoms with E-state index in [9.17, 15) is 0 Å². The summed E-state index contributed by atoms with van der Waals surface area (Å²) in [6.45, 7) is 2.04. The smallest absolute Gasteiger partial charge is 0.181 e. The summed E-state index contributed by atoms with van der Waals surface area (Å²) in [5.41, 5.74) is 2.14. The zero-order valence-corrected chi connectivity index (χ0v) is 9.47. The van der Waals surface area contributed by atoms with Gasteiger partial charge in [0.2, 0.25) is 0 Å². The van der Waals surface area contributed by atoms with Gasteiger partial charge in [-0.2, -0.15) is 0 Å². The lowest BCUT2D eigenvalue weighted by Crippen LogP contribution is -1.97. The van der Waals surface area contributed by atoms with E-state index in [1.165, 1.54) is 5.56 Å². The maximum Gasteiger partial charge on any atom is 0.181 e. The Kier molecular flexibility index (Phi) is 2.60. The van der Waals surface area contributed by atoms with Crippen LogP contribution in [0, 0.1) is 11.7 Å². The van der Waals surface area contributed by atoms with E-state index in [0.29, 0.717) is 4.77 Å². The lowest BCUT2D eigenvalue weighted by molar-refractivity contribution is 0.412. The Morgan fingerprint density at radius 2 is 2.20 bits per heavy atom. The number of imidazole rings is 1. The molecule has 0 atom stereocenters. The summed E-state index contributed by atoms with van der Waals surface area (Å²) >= 11 is 5.17. The van der Waals surface area contributed by atoms with Crippen LogP contribution in [0.1, 0.15) is 5.56 Å². The molecule has 0 radical (unpaired) electrons. The molecule has 0 aliphatic heterocycles. The van der Waals surface area contributed by atoms with Crippen molar-refractivity contribution in [3.05, 3.63) is 40.9 Å². The summed E-state index contributed by atoms with van der Waals surface area (Å²) in [6.07, 6.45) is 3.70. The highest BCUT2D eigenvalue weighted by Crippen LogP contribution is 2.23. The van der Waals surface area contributed by atoms with Gasteiger partial charge >= 0.3 is 0 Å². The molecule has 0 saturated carbocycles. The van der Waals surface area contributed by atoms with Gasteiger partial charge in [-0.15, -0.1) is 0 Å². The number of ether oxygens (including phenoxy) is 1. The van der Waals surface area contributed by atoms with Crippen LogP contribution in [0.4, 0.5) is 0 Å². The summed E-state index contributed by atoms with van der Waals surface area (Å²) in [7, 11) is 1.66. The molecule has 78 valence electrons. The predicted octanol–water partition coefficient (Wildman–Crippen LogP) is 2.85. The minimum atomic E-state index is 0.666. The van der Waals surface area contributed by atoms with Gasteiger partial charge in [-0.25, -0.2) is 0 Å². The highest BCUT2D eigenvalue weighted by molar-refractivity contribution is 7.71. The molecule has 2 rings (SSSR count). The number of methoxy groups -OCH3 is 1. The van der Waals surface area contributed by atoms with Gasteiger partial charge in [0, 0.05) is 12.4 Å². The van der Waals surface area contributed by atoms with Gasteiger partial charge < -0.3 is 9.72 Å². The van der Waals surface area contributed by atoms with E-state index in [0.717, 1.165) is 11.4 Å². The second kappa shape index (κ2) is 3.90. The SMILES string of the molecule is COc1ccc(C)cc1-n1cc[nH]c1=S. The maximum absolute atomic E-state index is 5.30. The molecule has 0 bridgehead atoms. The van der Waals surface area contributed by atoms with Crippen molar-refractivity contribution in [3.63, 3.8) is 0 Å². The Bertz CT molecular complexity index is 527. The van der Waals surface area contributed by atoms with Crippen LogP contribution in [0.2, 0.25) is 0 Å². The highest BCUT2D eigenvalue weighted by Gasteiger charge is 2.05. The second-order valence-corrected chi connectivity index (χ2v) is 3.70. The molecule has 0 fully saturated rings. The average molecular weight is 220 g/mol. The molecular formula is C11H12N2OS. The van der Waals surface area contributed by atoms with Crippen LogP contribution in [0.5, 0.6) is 5.75 Å². The summed E-state index contributed by atoms with van der Waals surface area (Å²) in [5.74, 6) is 0.816. The topological polar surface area (TPSA) is 29.9 Å². The number of hydrogen-bond acceptors (Lipinski definition) is 2. The first kappa shape index (κ1) is 9.98. The third kappa shape index (κ3) is 1.80. The monoisotopic (exact) mass is 220 g/mol. The van der Waals surface area contributed by atoms with Crippen LogP contribution in [0.25, 0.3) is 5.69 Å². The van der Waals surface area contributed by atoms with Gasteiger partial charge in [-0.05, 0) is 36.8 Å². The van der Waals surface area contributed by atoms with Crippen molar-refractivity contribution in [1.82, 2.24) is 9.55 Å². The Labute approximate surface area is 93.3 Å². The third-order valence-corrected chi connectivity index (χ3v) is 2.56. The van der Waals surface area contributed by atoms with Crippen LogP contribution in [-0.2, 0) is 0 Å². The number of aromatic amines is 1. The van der Waals surface area contributed by atoms with E-state index >= 15 is 0 Å². The number of hydrogen-bond donors (Lipinski definition) is 1. The molecule has 0 unspecified atom stereocenters. The molecule has 0 aliphatic rings. The van der Waals surface area contributed by atoms with Gasteiger partial charge in [-0.1, -0.05) is 6.07 Å². The Morgan fingerprint density at radius 1 is 1.40 bits per heavy atom. The van der Waals surface area contributed by atoms with E-state index in [1.807, 2.05) is 42.1 Å². The number of nitrogens with one attached hydrogen (secondary N) is 1. The molecule has 0 aliphatic carbocycles. The largest absolute Gasteiger partial charge is 0.495 e. The van der Waals surface area contributed by atoms with Crippen molar-refractivity contribution >= 4 is 12.2 Å². The molecule has 2 aromatic rings. The Hall–Kier alpha value is -1.55. The number of aryl methyl sites for hydroxylation is 1. The normalized spacial score (nSPS) is 10.3. The predicted molar refractivity (Wildman–Crippen MR) is 62.2 cm³/mol. The van der Waals surface area contributed by atoms with Crippen LogP contribution in [0.3, 0.4) is 0 Å². The molecule has 4 heteroatoms. The first-order valence-corrected chi connectivity index (χ1v) is 5.04. The summed E-state index contributed by atoms with van der Waals surface area (Å²) < 4.78 is 7.85. The summed E-state index contributed by atoms with van der Waals surface area (Å²) in [4.78, 5) is 2.96. The minimum Gasteiger partial charge on any atom is -0.495 e. The lowest BCUT2D eigenvalue weighted by Gasteiger charge is -2.09. The fourth-order valence-corrected chi connectivity index (χ4v) is 1.73. The number of benzene rings is 1. The van der Waals surface area contributed by atoms with Gasteiger partial charge in [0.05, 0.1) is 12.8 Å². The number of rotatable bonds is 2. The van der Waals surface area contributed by atoms with E-state index in [2.05, 4.69) is 4.98 Å². The van der Waals surface area contributed by atoms with Crippen molar-refractivity contribution in [2.75, 3.05) is 7.11 Å². The number of H-pyrrole nitrogens is 1. The van der Waals surface area contributed by atoms with E-state index in [4.69, 9.17) is 17.0 Å². The number of aromatic nitrogens is 2. The minimum absolute atomic E-state index is 0.666. The van der Waals surface area contributed by atoms with E-state index in [-0.39, 0.29) is 0 Å². The fourth-order valence-electron chi connectivity index (χ4n) is 1.50. The zero-order chi connectivity index (χ0) is 10.8. The van der Waals surface area contributed by atoms with Crippen molar-refractivity contribution in [3.8, 4) is 11.4 Å². The van der Waals surface area contributed by atoms with Crippen LogP contribution in [-0.4, -0.2) is 16.7 Å². The van der Waals surface area contributed by atoms with E-state index < -0.39 is 0 Å². The molecule has 1 heterocycles. The summed E-state index contributed by atoms with van der Waals surface area (Å²) in [6, 6.07) is 6.00. The molecule has 3 nitrogen and oxygen atoms in total. The molecule has 0 saturated heterocycles.